The molecule has 4 N–H and O–H groups in total. The number of hydrogen-bond acceptors (Lipinski definition) is 3. The van der Waals surface area contributed by atoms with Crippen molar-refractivity contribution in [3.05, 3.63) is 99.6 Å². The molecule has 3 aromatic carbocycles. The summed E-state index contributed by atoms with van der Waals surface area (Å²) in [7, 11) is 0. The fourth-order valence-electron chi connectivity index (χ4n) is 2.95. The average Bonchev–Trinajstić information content (AvgIpc) is 2.77. The zero-order valence-electron chi connectivity index (χ0n) is 17.6. The number of carboxylic acids is 2. The second kappa shape index (κ2) is 9.55. The second-order valence-corrected chi connectivity index (χ2v) is 7.46. The molecule has 0 spiro atoms. The van der Waals surface area contributed by atoms with Gasteiger partial charge in [-0.1, -0.05) is 49.7 Å². The highest BCUT2D eigenvalue weighted by Gasteiger charge is 2.09. The molecule has 0 aliphatic carbocycles. The molecule has 0 saturated heterocycles. The van der Waals surface area contributed by atoms with Crippen LogP contribution in [-0.4, -0.2) is 22.2 Å². The molecular weight excluding hydrogens is 402 g/mol. The summed E-state index contributed by atoms with van der Waals surface area (Å²) < 4.78 is 0. The van der Waals surface area contributed by atoms with E-state index >= 15 is 0 Å². The average molecular weight is 423 g/mol. The number of hydrogen-bond donors (Lipinski definition) is 3. The Balaban J connectivity index is 2.04. The lowest BCUT2D eigenvalue weighted by molar-refractivity contribution is 0.0686. The van der Waals surface area contributed by atoms with Crippen LogP contribution in [0.1, 0.15) is 68.3 Å². The first-order chi connectivity index (χ1) is 15.2. The SMILES string of the molecule is CC(C)c1cc(C#Cc2cccc(C(=O)O)c2)c(N)c(C#Cc2cccc(C(=O)O)c2)c1. The first-order valence-electron chi connectivity index (χ1n) is 9.88. The minimum atomic E-state index is -1.01. The lowest BCUT2D eigenvalue weighted by atomic mass is 9.96. The maximum absolute atomic E-state index is 11.2. The number of benzene rings is 3. The number of anilines is 1. The molecule has 0 fully saturated rings. The van der Waals surface area contributed by atoms with E-state index in [1.54, 1.807) is 24.3 Å². The van der Waals surface area contributed by atoms with Crippen molar-refractivity contribution >= 4 is 17.6 Å². The second-order valence-electron chi connectivity index (χ2n) is 7.46. The minimum Gasteiger partial charge on any atom is -0.478 e. The van der Waals surface area contributed by atoms with Crippen molar-refractivity contribution in [3.63, 3.8) is 0 Å². The molecule has 0 saturated carbocycles. The number of nitrogens with two attached hydrogens (primary N) is 1. The Morgan fingerprint density at radius 3 is 1.56 bits per heavy atom. The van der Waals surface area contributed by atoms with E-state index in [4.69, 9.17) is 15.9 Å². The van der Waals surface area contributed by atoms with Crippen molar-refractivity contribution in [2.45, 2.75) is 19.8 Å². The third kappa shape index (κ3) is 5.36. The summed E-state index contributed by atoms with van der Waals surface area (Å²) in [5, 5.41) is 18.3. The van der Waals surface area contributed by atoms with Crippen LogP contribution in [0.2, 0.25) is 0 Å². The smallest absolute Gasteiger partial charge is 0.335 e. The van der Waals surface area contributed by atoms with E-state index in [1.807, 2.05) is 26.0 Å². The molecule has 3 rings (SSSR count). The van der Waals surface area contributed by atoms with Gasteiger partial charge in [0.25, 0.3) is 0 Å². The molecule has 0 unspecified atom stereocenters. The number of rotatable bonds is 3. The summed E-state index contributed by atoms with van der Waals surface area (Å²) in [5.41, 5.74) is 10.4. The molecule has 0 aliphatic rings. The van der Waals surface area contributed by atoms with Crippen LogP contribution in [0, 0.1) is 23.7 Å². The topological polar surface area (TPSA) is 101 Å². The molecule has 32 heavy (non-hydrogen) atoms. The van der Waals surface area contributed by atoms with Gasteiger partial charge in [-0.25, -0.2) is 9.59 Å². The van der Waals surface area contributed by atoms with Crippen LogP contribution < -0.4 is 5.73 Å². The Hall–Kier alpha value is -4.48. The van der Waals surface area contributed by atoms with Gasteiger partial charge in [-0.3, -0.25) is 0 Å². The van der Waals surface area contributed by atoms with Gasteiger partial charge in [0.15, 0.2) is 0 Å². The zero-order valence-corrected chi connectivity index (χ0v) is 17.6. The third-order valence-electron chi connectivity index (χ3n) is 4.77. The number of carbonyl (C=O) groups is 2. The summed E-state index contributed by atoms with van der Waals surface area (Å²) in [6, 6.07) is 16.6. The van der Waals surface area contributed by atoms with Gasteiger partial charge in [0.2, 0.25) is 0 Å². The van der Waals surface area contributed by atoms with Crippen LogP contribution in [0.3, 0.4) is 0 Å². The van der Waals surface area contributed by atoms with Gasteiger partial charge < -0.3 is 15.9 Å². The fourth-order valence-corrected chi connectivity index (χ4v) is 2.95. The minimum absolute atomic E-state index is 0.163. The number of nitrogen functional groups attached to an aromatic ring is 1. The predicted octanol–water partition coefficient (Wildman–Crippen LogP) is 4.59. The van der Waals surface area contributed by atoms with Crippen LogP contribution in [0.4, 0.5) is 5.69 Å². The molecule has 0 bridgehead atoms. The molecule has 0 radical (unpaired) electrons. The summed E-state index contributed by atoms with van der Waals surface area (Å²) in [6.07, 6.45) is 0. The number of carboxylic acid groups (broad SMARTS) is 2. The van der Waals surface area contributed by atoms with Gasteiger partial charge >= 0.3 is 11.9 Å². The van der Waals surface area contributed by atoms with E-state index in [9.17, 15) is 9.59 Å². The highest BCUT2D eigenvalue weighted by atomic mass is 16.4. The van der Waals surface area contributed by atoms with Gasteiger partial charge in [-0.15, -0.1) is 0 Å². The van der Waals surface area contributed by atoms with E-state index in [2.05, 4.69) is 23.7 Å². The van der Waals surface area contributed by atoms with Crippen LogP contribution in [0.5, 0.6) is 0 Å². The van der Waals surface area contributed by atoms with Gasteiger partial charge in [0.05, 0.1) is 16.8 Å². The van der Waals surface area contributed by atoms with E-state index in [0.717, 1.165) is 5.56 Å². The van der Waals surface area contributed by atoms with Crippen molar-refractivity contribution in [1.29, 1.82) is 0 Å². The Kier molecular flexibility index (Phi) is 6.63. The summed E-state index contributed by atoms with van der Waals surface area (Å²) in [6.45, 7) is 4.10. The number of aromatic carboxylic acids is 2. The van der Waals surface area contributed by atoms with E-state index in [0.29, 0.717) is 27.9 Å². The molecule has 0 aliphatic heterocycles. The highest BCUT2D eigenvalue weighted by molar-refractivity contribution is 5.88. The quantitative estimate of drug-likeness (QED) is 0.423. The molecular formula is C27H21NO4. The molecule has 5 nitrogen and oxygen atoms in total. The van der Waals surface area contributed by atoms with Crippen LogP contribution in [0.25, 0.3) is 0 Å². The maximum atomic E-state index is 11.2. The lowest BCUT2D eigenvalue weighted by Crippen LogP contribution is -1.99. The van der Waals surface area contributed by atoms with Crippen molar-refractivity contribution in [2.75, 3.05) is 5.73 Å². The lowest BCUT2D eigenvalue weighted by Gasteiger charge is -2.10. The summed E-state index contributed by atoms with van der Waals surface area (Å²) in [5.74, 6) is 10.2. The first kappa shape index (κ1) is 22.2. The normalized spacial score (nSPS) is 9.97. The Morgan fingerprint density at radius 2 is 1.19 bits per heavy atom. The molecule has 0 aromatic heterocycles. The highest BCUT2D eigenvalue weighted by Crippen LogP contribution is 2.24. The predicted molar refractivity (Wildman–Crippen MR) is 124 cm³/mol. The zero-order chi connectivity index (χ0) is 23.3. The van der Waals surface area contributed by atoms with Crippen LogP contribution in [0.15, 0.2) is 60.7 Å². The molecule has 0 amide bonds. The Bertz CT molecular complexity index is 1230. The van der Waals surface area contributed by atoms with E-state index in [1.165, 1.54) is 24.3 Å². The Labute approximate surface area is 186 Å². The fraction of sp³-hybridized carbons (Fsp3) is 0.111. The third-order valence-corrected chi connectivity index (χ3v) is 4.77. The van der Waals surface area contributed by atoms with Crippen LogP contribution >= 0.6 is 0 Å². The van der Waals surface area contributed by atoms with Gasteiger partial charge in [0, 0.05) is 22.3 Å². The molecule has 0 heterocycles. The van der Waals surface area contributed by atoms with E-state index in [-0.39, 0.29) is 17.0 Å². The largest absolute Gasteiger partial charge is 0.478 e. The monoisotopic (exact) mass is 423 g/mol. The molecule has 158 valence electrons. The van der Waals surface area contributed by atoms with Crippen molar-refractivity contribution in [1.82, 2.24) is 0 Å². The summed E-state index contributed by atoms with van der Waals surface area (Å²) in [4.78, 5) is 22.4. The standard InChI is InChI=1S/C27H21NO4/c1-17(2)24-15-20(11-9-18-5-3-7-22(13-18)26(29)30)25(28)21(16-24)12-10-19-6-4-8-23(14-19)27(31)32/h3-8,13-17H,28H2,1-2H3,(H,29,30)(H,31,32). The van der Waals surface area contributed by atoms with Crippen molar-refractivity contribution in [2.24, 2.45) is 0 Å². The maximum Gasteiger partial charge on any atom is 0.335 e. The van der Waals surface area contributed by atoms with Crippen LogP contribution in [-0.2, 0) is 0 Å². The molecule has 0 atom stereocenters. The van der Waals surface area contributed by atoms with Gasteiger partial charge in [-0.2, -0.15) is 0 Å². The summed E-state index contributed by atoms with van der Waals surface area (Å²) >= 11 is 0. The van der Waals surface area contributed by atoms with Gasteiger partial charge in [0.1, 0.15) is 0 Å². The van der Waals surface area contributed by atoms with Crippen molar-refractivity contribution < 1.29 is 19.8 Å². The molecule has 5 heteroatoms. The van der Waals surface area contributed by atoms with Gasteiger partial charge in [-0.05, 0) is 60.0 Å². The van der Waals surface area contributed by atoms with Crippen molar-refractivity contribution in [3.8, 4) is 23.7 Å². The Morgan fingerprint density at radius 1 is 0.750 bits per heavy atom. The first-order valence-corrected chi connectivity index (χ1v) is 9.88. The van der Waals surface area contributed by atoms with E-state index < -0.39 is 11.9 Å². The molecule has 3 aromatic rings.